The first-order valence-corrected chi connectivity index (χ1v) is 15.1. The second-order valence-corrected chi connectivity index (χ2v) is 13.4. The van der Waals surface area contributed by atoms with E-state index in [9.17, 15) is 18.0 Å². The third kappa shape index (κ3) is 5.06. The molecule has 3 aromatic carbocycles. The number of ether oxygens (including phenoxy) is 2. The number of carbonyl (C=O) groups is 1. The van der Waals surface area contributed by atoms with Crippen molar-refractivity contribution in [2.75, 3.05) is 23.3 Å². The Hall–Kier alpha value is -3.83. The number of rotatable bonds is 6. The van der Waals surface area contributed by atoms with Gasteiger partial charge >= 0.3 is 4.87 Å². The molecule has 0 bridgehead atoms. The van der Waals surface area contributed by atoms with Crippen LogP contribution in [0.2, 0.25) is 0 Å². The van der Waals surface area contributed by atoms with E-state index < -0.39 is 22.0 Å². The van der Waals surface area contributed by atoms with Crippen molar-refractivity contribution in [2.45, 2.75) is 50.7 Å². The summed E-state index contributed by atoms with van der Waals surface area (Å²) in [6, 6.07) is 16.8. The van der Waals surface area contributed by atoms with Gasteiger partial charge in [0.1, 0.15) is 11.5 Å². The Morgan fingerprint density at radius 3 is 2.48 bits per heavy atom. The van der Waals surface area contributed by atoms with Crippen LogP contribution in [0.15, 0.2) is 70.4 Å². The summed E-state index contributed by atoms with van der Waals surface area (Å²) in [5, 5.41) is 2.84. The van der Waals surface area contributed by atoms with Crippen LogP contribution in [-0.2, 0) is 26.8 Å². The van der Waals surface area contributed by atoms with Crippen LogP contribution < -0.4 is 24.0 Å². The molecule has 4 aromatic rings. The molecule has 1 aliphatic heterocycles. The van der Waals surface area contributed by atoms with Gasteiger partial charge in [-0.1, -0.05) is 38.2 Å². The van der Waals surface area contributed by atoms with E-state index in [4.69, 9.17) is 9.47 Å². The van der Waals surface area contributed by atoms with Crippen LogP contribution in [0.25, 0.3) is 10.2 Å². The number of thiazole rings is 1. The number of methoxy groups -OCH3 is 1. The molecule has 0 saturated heterocycles. The van der Waals surface area contributed by atoms with Crippen molar-refractivity contribution < 1.29 is 22.7 Å². The average molecular weight is 582 g/mol. The predicted octanol–water partition coefficient (Wildman–Crippen LogP) is 4.98. The van der Waals surface area contributed by atoms with Crippen molar-refractivity contribution in [1.29, 1.82) is 0 Å². The highest BCUT2D eigenvalue weighted by atomic mass is 32.2. The fourth-order valence-electron chi connectivity index (χ4n) is 4.62. The van der Waals surface area contributed by atoms with Crippen LogP contribution in [0.3, 0.4) is 0 Å². The van der Waals surface area contributed by atoms with Crippen molar-refractivity contribution in [3.8, 4) is 11.5 Å². The number of nitrogens with zero attached hydrogens (tertiary/aromatic N) is 2. The molecule has 0 fully saturated rings. The number of aromatic nitrogens is 1. The van der Waals surface area contributed by atoms with Gasteiger partial charge in [0.25, 0.3) is 15.9 Å². The Kier molecular flexibility index (Phi) is 7.13. The van der Waals surface area contributed by atoms with Gasteiger partial charge in [0, 0.05) is 12.2 Å². The third-order valence-corrected chi connectivity index (χ3v) is 9.62. The molecule has 0 unspecified atom stereocenters. The summed E-state index contributed by atoms with van der Waals surface area (Å²) in [6.45, 7) is 8.35. The highest BCUT2D eigenvalue weighted by molar-refractivity contribution is 7.92. The lowest BCUT2D eigenvalue weighted by molar-refractivity contribution is -0.122. The lowest BCUT2D eigenvalue weighted by atomic mass is 9.86. The summed E-state index contributed by atoms with van der Waals surface area (Å²) in [5.74, 6) is 0.331. The maximum Gasteiger partial charge on any atom is 0.308 e. The van der Waals surface area contributed by atoms with E-state index in [1.165, 1.54) is 23.5 Å². The van der Waals surface area contributed by atoms with Gasteiger partial charge in [0.2, 0.25) is 0 Å². The molecule has 5 rings (SSSR count). The van der Waals surface area contributed by atoms with E-state index in [1.54, 1.807) is 47.0 Å². The zero-order valence-electron chi connectivity index (χ0n) is 22.9. The first-order valence-electron chi connectivity index (χ1n) is 12.8. The fourth-order valence-corrected chi connectivity index (χ4v) is 7.09. The van der Waals surface area contributed by atoms with E-state index in [0.717, 1.165) is 27.1 Å². The fraction of sp³-hybridized carbons (Fsp3) is 0.310. The van der Waals surface area contributed by atoms with Gasteiger partial charge in [-0.25, -0.2) is 8.42 Å². The van der Waals surface area contributed by atoms with Crippen molar-refractivity contribution in [3.05, 3.63) is 75.9 Å². The van der Waals surface area contributed by atoms with E-state index in [2.05, 4.69) is 5.32 Å². The summed E-state index contributed by atoms with van der Waals surface area (Å²) in [5.41, 5.74) is 2.35. The first kappa shape index (κ1) is 27.7. The number of nitrogens with one attached hydrogen (secondary N) is 1. The normalized spacial score (nSPS) is 15.4. The van der Waals surface area contributed by atoms with Gasteiger partial charge in [0.05, 0.1) is 34.5 Å². The minimum Gasteiger partial charge on any atom is -0.497 e. The summed E-state index contributed by atoms with van der Waals surface area (Å²) < 4.78 is 42.7. The van der Waals surface area contributed by atoms with Gasteiger partial charge in [-0.05, 0) is 72.5 Å². The highest BCUT2D eigenvalue weighted by Crippen LogP contribution is 2.40. The van der Waals surface area contributed by atoms with Crippen LogP contribution in [0.4, 0.5) is 11.4 Å². The quantitative estimate of drug-likeness (QED) is 0.344. The molecule has 0 saturated carbocycles. The topological polar surface area (TPSA) is 107 Å². The molecule has 0 radical (unpaired) electrons. The molecular formula is C29H31N3O6S2. The maximum absolute atomic E-state index is 13.9. The van der Waals surface area contributed by atoms with Gasteiger partial charge in [0.15, 0.2) is 6.10 Å². The van der Waals surface area contributed by atoms with E-state index >= 15 is 0 Å². The highest BCUT2D eigenvalue weighted by Gasteiger charge is 2.38. The summed E-state index contributed by atoms with van der Waals surface area (Å²) >= 11 is 1.11. The molecule has 1 amide bonds. The SMILES string of the molecule is CCn1c(=O)sc2cc(NC(=O)[C@H]3CN(S(=O)(=O)c4ccc(OC)cc4)c4cc(C(C)(C)C)ccc4O3)ccc21. The van der Waals surface area contributed by atoms with E-state index in [0.29, 0.717) is 29.4 Å². The largest absolute Gasteiger partial charge is 0.497 e. The molecule has 40 heavy (non-hydrogen) atoms. The molecule has 2 heterocycles. The smallest absolute Gasteiger partial charge is 0.308 e. The second-order valence-electron chi connectivity index (χ2n) is 10.5. The van der Waals surface area contributed by atoms with E-state index in [-0.39, 0.29) is 21.7 Å². The molecule has 0 spiro atoms. The molecule has 1 atom stereocenters. The average Bonchev–Trinajstić information content (AvgIpc) is 3.25. The number of amides is 1. The van der Waals surface area contributed by atoms with Crippen molar-refractivity contribution in [1.82, 2.24) is 4.57 Å². The van der Waals surface area contributed by atoms with Crippen molar-refractivity contribution in [2.24, 2.45) is 0 Å². The third-order valence-electron chi connectivity index (χ3n) is 6.89. The Bertz CT molecular complexity index is 1750. The minimum atomic E-state index is -4.05. The molecular weight excluding hydrogens is 550 g/mol. The monoisotopic (exact) mass is 581 g/mol. The molecule has 9 nitrogen and oxygen atoms in total. The van der Waals surface area contributed by atoms with Crippen LogP contribution in [0.1, 0.15) is 33.3 Å². The Labute approximate surface area is 237 Å². The number of benzene rings is 3. The number of fused-ring (bicyclic) bond motifs is 2. The van der Waals surface area contributed by atoms with Gasteiger partial charge in [-0.15, -0.1) is 0 Å². The van der Waals surface area contributed by atoms with Crippen molar-refractivity contribution >= 4 is 48.9 Å². The van der Waals surface area contributed by atoms with Gasteiger partial charge in [-0.2, -0.15) is 0 Å². The van der Waals surface area contributed by atoms with Crippen LogP contribution in [-0.4, -0.2) is 38.7 Å². The summed E-state index contributed by atoms with van der Waals surface area (Å²) in [4.78, 5) is 25.7. The number of anilines is 2. The number of hydrogen-bond acceptors (Lipinski definition) is 7. The Balaban J connectivity index is 1.50. The predicted molar refractivity (Wildman–Crippen MR) is 157 cm³/mol. The van der Waals surface area contributed by atoms with Crippen LogP contribution in [0.5, 0.6) is 11.5 Å². The maximum atomic E-state index is 13.9. The summed E-state index contributed by atoms with van der Waals surface area (Å²) in [7, 11) is -2.54. The standard InChI is InChI=1S/C29H31N3O6S2/c1-6-31-22-13-8-19(16-26(22)39-28(31)34)30-27(33)25-17-32(40(35,36)21-11-9-20(37-5)10-12-21)23-15-18(29(2,3)4)7-14-24(23)38-25/h7-16,25H,6,17H2,1-5H3,(H,30,33)/t25-/m1/s1. The second kappa shape index (κ2) is 10.3. The summed E-state index contributed by atoms with van der Waals surface area (Å²) in [6.07, 6.45) is -1.12. The van der Waals surface area contributed by atoms with E-state index in [1.807, 2.05) is 33.8 Å². The number of hydrogen-bond donors (Lipinski definition) is 1. The van der Waals surface area contributed by atoms with Crippen LogP contribution >= 0.6 is 11.3 Å². The lowest BCUT2D eigenvalue weighted by Gasteiger charge is -2.36. The molecule has 1 aliphatic rings. The molecule has 0 aliphatic carbocycles. The number of sulfonamides is 1. The molecule has 1 aromatic heterocycles. The van der Waals surface area contributed by atoms with Crippen LogP contribution in [0, 0.1) is 0 Å². The number of aryl methyl sites for hydroxylation is 1. The zero-order valence-corrected chi connectivity index (χ0v) is 24.6. The van der Waals surface area contributed by atoms with Gasteiger partial charge < -0.3 is 14.8 Å². The Morgan fingerprint density at radius 1 is 1.10 bits per heavy atom. The Morgan fingerprint density at radius 2 is 1.82 bits per heavy atom. The van der Waals surface area contributed by atoms with Crippen molar-refractivity contribution in [3.63, 3.8) is 0 Å². The molecule has 11 heteroatoms. The first-order chi connectivity index (χ1) is 18.9. The molecule has 1 N–H and O–H groups in total. The zero-order chi connectivity index (χ0) is 28.8. The minimum absolute atomic E-state index is 0.0674. The molecule has 210 valence electrons. The number of carbonyl (C=O) groups excluding carboxylic acids is 1. The lowest BCUT2D eigenvalue weighted by Crippen LogP contribution is -2.49. The van der Waals surface area contributed by atoms with Gasteiger partial charge in [-0.3, -0.25) is 18.5 Å².